The number of likely N-dealkylation sites (N-methyl/N-ethyl adjacent to an activating group) is 1. The lowest BCUT2D eigenvalue weighted by Crippen LogP contribution is -2.48. The van der Waals surface area contributed by atoms with E-state index in [-0.39, 0.29) is 23.8 Å². The minimum Gasteiger partial charge on any atom is -0.345 e. The first-order valence-corrected chi connectivity index (χ1v) is 11.0. The van der Waals surface area contributed by atoms with Crippen molar-refractivity contribution in [3.63, 3.8) is 0 Å². The van der Waals surface area contributed by atoms with E-state index in [1.54, 1.807) is 11.3 Å². The summed E-state index contributed by atoms with van der Waals surface area (Å²) in [6, 6.07) is 11.5. The fraction of sp³-hybridized carbons (Fsp3) is 0.478. The fourth-order valence-electron chi connectivity index (χ4n) is 4.24. The number of hydrogen-bond acceptors (Lipinski definition) is 3. The lowest BCUT2D eigenvalue weighted by Gasteiger charge is -2.43. The molecule has 1 fully saturated rings. The van der Waals surface area contributed by atoms with Crippen LogP contribution in [-0.4, -0.2) is 41.8 Å². The summed E-state index contributed by atoms with van der Waals surface area (Å²) < 4.78 is 0. The van der Waals surface area contributed by atoms with Crippen molar-refractivity contribution in [1.82, 2.24) is 9.80 Å². The average molecular weight is 397 g/mol. The first-order chi connectivity index (χ1) is 13.5. The second kappa shape index (κ2) is 7.70. The SMILES string of the molecule is CC(C)CN1C(=O)c2ccccc2[C@H](C(=O)N(C)CC2CC2)[C@@H]1c1cccs1. The molecule has 1 aliphatic carbocycles. The molecule has 2 atom stereocenters. The topological polar surface area (TPSA) is 40.6 Å². The first kappa shape index (κ1) is 19.2. The van der Waals surface area contributed by atoms with E-state index in [0.29, 0.717) is 23.9 Å². The number of carbonyl (C=O) groups is 2. The van der Waals surface area contributed by atoms with E-state index < -0.39 is 0 Å². The molecule has 0 bridgehead atoms. The van der Waals surface area contributed by atoms with Gasteiger partial charge in [-0.2, -0.15) is 0 Å². The largest absolute Gasteiger partial charge is 0.345 e. The third-order valence-electron chi connectivity index (χ3n) is 5.71. The maximum atomic E-state index is 13.7. The molecule has 4 nitrogen and oxygen atoms in total. The zero-order valence-electron chi connectivity index (χ0n) is 16.8. The van der Waals surface area contributed by atoms with Crippen molar-refractivity contribution in [1.29, 1.82) is 0 Å². The summed E-state index contributed by atoms with van der Waals surface area (Å²) in [6.45, 7) is 5.70. The molecule has 28 heavy (non-hydrogen) atoms. The second-order valence-electron chi connectivity index (χ2n) is 8.54. The van der Waals surface area contributed by atoms with Gasteiger partial charge in [0, 0.05) is 30.6 Å². The third-order valence-corrected chi connectivity index (χ3v) is 6.65. The Morgan fingerprint density at radius 1 is 1.21 bits per heavy atom. The van der Waals surface area contributed by atoms with Gasteiger partial charge in [0.25, 0.3) is 5.91 Å². The zero-order chi connectivity index (χ0) is 19.8. The Bertz CT molecular complexity index is 857. The van der Waals surface area contributed by atoms with Crippen molar-refractivity contribution >= 4 is 23.2 Å². The van der Waals surface area contributed by atoms with E-state index in [2.05, 4.69) is 19.9 Å². The van der Waals surface area contributed by atoms with Crippen LogP contribution in [0.3, 0.4) is 0 Å². The van der Waals surface area contributed by atoms with E-state index in [1.165, 1.54) is 12.8 Å². The Morgan fingerprint density at radius 3 is 2.61 bits per heavy atom. The van der Waals surface area contributed by atoms with Gasteiger partial charge < -0.3 is 9.80 Å². The molecular formula is C23H28N2O2S. The predicted octanol–water partition coefficient (Wildman–Crippen LogP) is 4.55. The normalized spacial score (nSPS) is 21.7. The number of benzene rings is 1. The molecular weight excluding hydrogens is 368 g/mol. The highest BCUT2D eigenvalue weighted by Crippen LogP contribution is 2.45. The van der Waals surface area contributed by atoms with Crippen LogP contribution in [0.5, 0.6) is 0 Å². The van der Waals surface area contributed by atoms with Gasteiger partial charge in [-0.3, -0.25) is 9.59 Å². The number of carbonyl (C=O) groups excluding carboxylic acids is 2. The highest BCUT2D eigenvalue weighted by molar-refractivity contribution is 7.10. The van der Waals surface area contributed by atoms with E-state index in [4.69, 9.17) is 0 Å². The number of fused-ring (bicyclic) bond motifs is 1. The van der Waals surface area contributed by atoms with Crippen LogP contribution in [0.2, 0.25) is 0 Å². The molecule has 0 N–H and O–H groups in total. The van der Waals surface area contributed by atoms with Gasteiger partial charge in [-0.1, -0.05) is 38.1 Å². The molecule has 2 aliphatic rings. The van der Waals surface area contributed by atoms with E-state index >= 15 is 0 Å². The van der Waals surface area contributed by atoms with Crippen molar-refractivity contribution in [3.8, 4) is 0 Å². The van der Waals surface area contributed by atoms with Gasteiger partial charge in [0.05, 0.1) is 12.0 Å². The standard InChI is InChI=1S/C23H28N2O2S/c1-15(2)13-25-21(19-9-6-12-28-19)20(23(27)24(3)14-16-10-11-16)17-7-4-5-8-18(17)22(25)26/h4-9,12,15-16,20-21H,10-11,13-14H2,1-3H3/t20-,21-/m0/s1. The highest BCUT2D eigenvalue weighted by Gasteiger charge is 2.45. The van der Waals surface area contributed by atoms with Gasteiger partial charge in [0.2, 0.25) is 5.91 Å². The Hall–Kier alpha value is -2.14. The molecule has 2 amide bonds. The monoisotopic (exact) mass is 396 g/mol. The summed E-state index contributed by atoms with van der Waals surface area (Å²) >= 11 is 1.63. The molecule has 148 valence electrons. The summed E-state index contributed by atoms with van der Waals surface area (Å²) in [5.41, 5.74) is 1.55. The molecule has 2 heterocycles. The molecule has 0 radical (unpaired) electrons. The maximum absolute atomic E-state index is 13.7. The molecule has 1 aliphatic heterocycles. The predicted molar refractivity (Wildman–Crippen MR) is 112 cm³/mol. The van der Waals surface area contributed by atoms with Crippen molar-refractivity contribution in [2.24, 2.45) is 11.8 Å². The number of amides is 2. The van der Waals surface area contributed by atoms with Gasteiger partial charge in [-0.25, -0.2) is 0 Å². The van der Waals surface area contributed by atoms with Gasteiger partial charge in [-0.15, -0.1) is 11.3 Å². The maximum Gasteiger partial charge on any atom is 0.254 e. The van der Waals surface area contributed by atoms with Crippen molar-refractivity contribution in [3.05, 3.63) is 57.8 Å². The number of hydrogen-bond donors (Lipinski definition) is 0. The van der Waals surface area contributed by atoms with Gasteiger partial charge in [-0.05, 0) is 47.8 Å². The molecule has 4 rings (SSSR count). The van der Waals surface area contributed by atoms with Crippen LogP contribution in [0.4, 0.5) is 0 Å². The second-order valence-corrected chi connectivity index (χ2v) is 9.52. The van der Waals surface area contributed by atoms with Crippen molar-refractivity contribution in [2.75, 3.05) is 20.1 Å². The lowest BCUT2D eigenvalue weighted by atomic mass is 9.80. The van der Waals surface area contributed by atoms with E-state index in [9.17, 15) is 9.59 Å². The van der Waals surface area contributed by atoms with Crippen LogP contribution in [0.15, 0.2) is 41.8 Å². The minimum absolute atomic E-state index is 0.0385. The average Bonchev–Trinajstić information content (AvgIpc) is 3.32. The van der Waals surface area contributed by atoms with E-state index in [1.807, 2.05) is 52.6 Å². The highest BCUT2D eigenvalue weighted by atomic mass is 32.1. The summed E-state index contributed by atoms with van der Waals surface area (Å²) in [7, 11) is 1.91. The van der Waals surface area contributed by atoms with E-state index in [0.717, 1.165) is 17.0 Å². The summed E-state index contributed by atoms with van der Waals surface area (Å²) in [4.78, 5) is 32.0. The summed E-state index contributed by atoms with van der Waals surface area (Å²) in [5, 5.41) is 2.03. The lowest BCUT2D eigenvalue weighted by molar-refractivity contribution is -0.133. The fourth-order valence-corrected chi connectivity index (χ4v) is 5.12. The molecule has 1 aromatic heterocycles. The Morgan fingerprint density at radius 2 is 1.96 bits per heavy atom. The number of rotatable bonds is 6. The third kappa shape index (κ3) is 3.60. The summed E-state index contributed by atoms with van der Waals surface area (Å²) in [6.07, 6.45) is 2.43. The van der Waals surface area contributed by atoms with Crippen LogP contribution < -0.4 is 0 Å². The van der Waals surface area contributed by atoms with Crippen LogP contribution >= 0.6 is 11.3 Å². The van der Waals surface area contributed by atoms with Crippen LogP contribution in [-0.2, 0) is 4.79 Å². The van der Waals surface area contributed by atoms with Crippen molar-refractivity contribution < 1.29 is 9.59 Å². The molecule has 0 spiro atoms. The van der Waals surface area contributed by atoms with Gasteiger partial charge in [0.15, 0.2) is 0 Å². The van der Waals surface area contributed by atoms with Crippen molar-refractivity contribution in [2.45, 2.75) is 38.6 Å². The number of nitrogens with zero attached hydrogens (tertiary/aromatic N) is 2. The number of thiophene rings is 1. The molecule has 0 unspecified atom stereocenters. The molecule has 1 saturated carbocycles. The quantitative estimate of drug-likeness (QED) is 0.718. The minimum atomic E-state index is -0.352. The first-order valence-electron chi connectivity index (χ1n) is 10.2. The molecule has 0 saturated heterocycles. The van der Waals surface area contributed by atoms with Gasteiger partial charge in [0.1, 0.15) is 0 Å². The van der Waals surface area contributed by atoms with Crippen LogP contribution in [0.25, 0.3) is 0 Å². The molecule has 2 aromatic rings. The van der Waals surface area contributed by atoms with Gasteiger partial charge >= 0.3 is 0 Å². The zero-order valence-corrected chi connectivity index (χ0v) is 17.6. The van der Waals surface area contributed by atoms with Crippen LogP contribution in [0.1, 0.15) is 59.4 Å². The Balaban J connectivity index is 1.81. The Kier molecular flexibility index (Phi) is 5.28. The molecule has 5 heteroatoms. The molecule has 1 aromatic carbocycles. The smallest absolute Gasteiger partial charge is 0.254 e. The summed E-state index contributed by atoms with van der Waals surface area (Å²) in [5.74, 6) is 0.781. The Labute approximate surface area is 171 Å². The van der Waals surface area contributed by atoms with Crippen LogP contribution in [0, 0.1) is 11.8 Å².